The molecule has 10 heteroatoms. The monoisotopic (exact) mass is 674 g/mol. The summed E-state index contributed by atoms with van der Waals surface area (Å²) in [5, 5.41) is 8.91. The number of H-pyrrole nitrogens is 1. The van der Waals surface area contributed by atoms with Gasteiger partial charge >= 0.3 is 0 Å². The third-order valence-corrected chi connectivity index (χ3v) is 9.56. The van der Waals surface area contributed by atoms with E-state index in [1.54, 1.807) is 0 Å². The van der Waals surface area contributed by atoms with Gasteiger partial charge in [-0.25, -0.2) is 0 Å². The van der Waals surface area contributed by atoms with E-state index in [9.17, 15) is 0 Å². The molecule has 3 aliphatic rings. The second-order valence-corrected chi connectivity index (χ2v) is 12.8. The van der Waals surface area contributed by atoms with E-state index in [1.807, 2.05) is 6.07 Å². The summed E-state index contributed by atoms with van der Waals surface area (Å²) >= 11 is 6.42. The number of likely N-dealkylation sites (tertiary alicyclic amines) is 1. The number of morpholine rings is 1. The van der Waals surface area contributed by atoms with Crippen LogP contribution in [0.1, 0.15) is 48.2 Å². The first kappa shape index (κ1) is 35.4. The van der Waals surface area contributed by atoms with Crippen molar-refractivity contribution in [2.75, 3.05) is 63.9 Å². The zero-order chi connectivity index (χ0) is 33.9. The Morgan fingerprint density at radius 2 is 1.54 bits per heavy atom. The fraction of sp³-hybridized carbons (Fsp3) is 0.421. The average Bonchev–Trinajstić information content (AvgIpc) is 3.47. The molecule has 48 heavy (non-hydrogen) atoms. The highest BCUT2D eigenvalue weighted by atomic mass is 35.5. The lowest BCUT2D eigenvalue weighted by Gasteiger charge is -2.38. The summed E-state index contributed by atoms with van der Waals surface area (Å²) in [6, 6.07) is 24.0. The molecule has 4 heterocycles. The van der Waals surface area contributed by atoms with E-state index < -0.39 is 0 Å². The second kappa shape index (κ2) is 17.5. The minimum Gasteiger partial charge on any atom is -0.490 e. The normalized spacial score (nSPS) is 18.6. The lowest BCUT2D eigenvalue weighted by atomic mass is 9.91. The number of anilines is 1. The Morgan fingerprint density at radius 1 is 0.917 bits per heavy atom. The number of carbonyl (C=O) groups is 2. The number of rotatable bonds is 7. The van der Waals surface area contributed by atoms with Crippen molar-refractivity contribution in [3.63, 3.8) is 0 Å². The number of benzene rings is 3. The third kappa shape index (κ3) is 8.96. The first-order valence-corrected chi connectivity index (χ1v) is 17.2. The fourth-order valence-corrected chi connectivity index (χ4v) is 7.07. The Kier molecular flexibility index (Phi) is 12.9. The van der Waals surface area contributed by atoms with Crippen molar-refractivity contribution >= 4 is 40.9 Å². The highest BCUT2D eigenvalue weighted by molar-refractivity contribution is 6.31. The van der Waals surface area contributed by atoms with E-state index >= 15 is 0 Å². The number of carbonyl (C=O) groups excluding carboxylic acids is 1. The standard InChI is InChI=1S/C35H41ClN4O2.C2H4O.CH2O2/c1-25-2-7-28(8-3-25)40-17-14-31-32-24-27(36)6-11-33(32)37-34(31)35(40)26-4-9-29(10-5-26)42-30-12-15-38(16-13-30)18-19-39-20-22-41-23-21-39;1-2-3;2-1-3/h2-11,24,30,35,37H,12-23H2,1H3;2H,1H3;1H,(H,2,3). The molecule has 7 rings (SSSR count). The van der Waals surface area contributed by atoms with Gasteiger partial charge in [-0.05, 0) is 86.7 Å². The van der Waals surface area contributed by atoms with E-state index in [-0.39, 0.29) is 18.6 Å². The number of aryl methyl sites for hydroxylation is 1. The van der Waals surface area contributed by atoms with Crippen molar-refractivity contribution in [3.8, 4) is 5.75 Å². The lowest BCUT2D eigenvalue weighted by molar-refractivity contribution is -0.122. The number of hydrogen-bond acceptors (Lipinski definition) is 7. The summed E-state index contributed by atoms with van der Waals surface area (Å²) in [6.45, 7) is 12.7. The van der Waals surface area contributed by atoms with Crippen LogP contribution in [0.4, 0.5) is 5.69 Å². The van der Waals surface area contributed by atoms with E-state index in [0.29, 0.717) is 0 Å². The molecule has 256 valence electrons. The highest BCUT2D eigenvalue weighted by Crippen LogP contribution is 2.41. The van der Waals surface area contributed by atoms with E-state index in [0.717, 1.165) is 101 Å². The van der Waals surface area contributed by atoms with Crippen molar-refractivity contribution in [1.82, 2.24) is 14.8 Å². The molecule has 4 aromatic rings. The SMILES string of the molecule is CC=O.Cc1ccc(N2CCc3c([nH]c4ccc(Cl)cc34)C2c2ccc(OC3CCN(CCN4CCOCC4)CC3)cc2)cc1.O=CO. The van der Waals surface area contributed by atoms with Gasteiger partial charge in [0.25, 0.3) is 6.47 Å². The number of piperidine rings is 1. The topological polar surface area (TPSA) is 98.3 Å². The number of carboxylic acid groups (broad SMARTS) is 1. The summed E-state index contributed by atoms with van der Waals surface area (Å²) in [6.07, 6.45) is 4.16. The highest BCUT2D eigenvalue weighted by Gasteiger charge is 2.32. The quantitative estimate of drug-likeness (QED) is 0.219. The number of aromatic amines is 1. The van der Waals surface area contributed by atoms with Crippen molar-refractivity contribution in [1.29, 1.82) is 0 Å². The molecule has 3 aromatic carbocycles. The Labute approximate surface area is 288 Å². The molecule has 0 aliphatic carbocycles. The summed E-state index contributed by atoms with van der Waals surface area (Å²) < 4.78 is 12.0. The first-order chi connectivity index (χ1) is 23.4. The minimum atomic E-state index is -0.250. The van der Waals surface area contributed by atoms with Crippen molar-refractivity contribution < 1.29 is 24.2 Å². The molecule has 3 aliphatic heterocycles. The Bertz CT molecular complexity index is 1590. The Hall–Kier alpha value is -3.89. The molecule has 1 unspecified atom stereocenters. The van der Waals surface area contributed by atoms with E-state index in [2.05, 4.69) is 87.3 Å². The number of halogens is 1. The van der Waals surface area contributed by atoms with Gasteiger partial charge in [0.2, 0.25) is 0 Å². The number of ether oxygens (including phenoxy) is 2. The molecule has 2 fully saturated rings. The number of aldehydes is 1. The molecule has 0 saturated carbocycles. The van der Waals surface area contributed by atoms with Gasteiger partial charge in [0.1, 0.15) is 18.1 Å². The molecule has 0 spiro atoms. The summed E-state index contributed by atoms with van der Waals surface area (Å²) in [5.74, 6) is 0.965. The van der Waals surface area contributed by atoms with Crippen LogP contribution < -0.4 is 9.64 Å². The van der Waals surface area contributed by atoms with Gasteiger partial charge in [-0.3, -0.25) is 9.69 Å². The smallest absolute Gasteiger partial charge is 0.290 e. The summed E-state index contributed by atoms with van der Waals surface area (Å²) in [4.78, 5) is 28.6. The predicted molar refractivity (Wildman–Crippen MR) is 192 cm³/mol. The lowest BCUT2D eigenvalue weighted by Crippen LogP contribution is -2.44. The molecule has 0 radical (unpaired) electrons. The Morgan fingerprint density at radius 3 is 2.19 bits per heavy atom. The maximum atomic E-state index is 8.81. The van der Waals surface area contributed by atoms with Crippen LogP contribution in [-0.2, 0) is 20.7 Å². The zero-order valence-electron chi connectivity index (χ0n) is 27.9. The number of aromatic nitrogens is 1. The van der Waals surface area contributed by atoms with Crippen LogP contribution in [0.5, 0.6) is 5.75 Å². The number of fused-ring (bicyclic) bond motifs is 3. The molecular formula is C38H47ClN4O5. The molecule has 1 aromatic heterocycles. The molecular weight excluding hydrogens is 628 g/mol. The van der Waals surface area contributed by atoms with Crippen LogP contribution in [0.25, 0.3) is 10.9 Å². The summed E-state index contributed by atoms with van der Waals surface area (Å²) in [5.41, 5.74) is 7.57. The van der Waals surface area contributed by atoms with Crippen molar-refractivity contribution in [2.45, 2.75) is 45.3 Å². The maximum absolute atomic E-state index is 8.81. The number of hydrogen-bond donors (Lipinski definition) is 2. The van der Waals surface area contributed by atoms with Crippen LogP contribution in [0.15, 0.2) is 66.7 Å². The zero-order valence-corrected chi connectivity index (χ0v) is 28.7. The molecule has 0 amide bonds. The largest absolute Gasteiger partial charge is 0.490 e. The number of nitrogens with one attached hydrogen (secondary N) is 1. The molecule has 2 saturated heterocycles. The predicted octanol–water partition coefficient (Wildman–Crippen LogP) is 6.36. The van der Waals surface area contributed by atoms with E-state index in [1.165, 1.54) is 40.4 Å². The van der Waals surface area contributed by atoms with Crippen LogP contribution >= 0.6 is 11.6 Å². The van der Waals surface area contributed by atoms with Crippen LogP contribution in [0.3, 0.4) is 0 Å². The van der Waals surface area contributed by atoms with Crippen LogP contribution in [0.2, 0.25) is 5.02 Å². The van der Waals surface area contributed by atoms with Gasteiger partial charge in [0.15, 0.2) is 0 Å². The van der Waals surface area contributed by atoms with E-state index in [4.69, 9.17) is 35.8 Å². The molecule has 0 bridgehead atoms. The van der Waals surface area contributed by atoms with Gasteiger partial charge in [-0.1, -0.05) is 41.4 Å². The summed E-state index contributed by atoms with van der Waals surface area (Å²) in [7, 11) is 0. The second-order valence-electron chi connectivity index (χ2n) is 12.4. The van der Waals surface area contributed by atoms with Crippen LogP contribution in [-0.4, -0.2) is 97.8 Å². The molecule has 1 atom stereocenters. The van der Waals surface area contributed by atoms with Gasteiger partial charge < -0.3 is 34.2 Å². The van der Waals surface area contributed by atoms with Crippen molar-refractivity contribution in [2.24, 2.45) is 0 Å². The van der Waals surface area contributed by atoms with Gasteiger partial charge in [0, 0.05) is 73.1 Å². The molecule has 2 N–H and O–H groups in total. The maximum Gasteiger partial charge on any atom is 0.290 e. The van der Waals surface area contributed by atoms with Crippen LogP contribution in [0, 0.1) is 6.92 Å². The van der Waals surface area contributed by atoms with Gasteiger partial charge in [-0.2, -0.15) is 0 Å². The molecule has 9 nitrogen and oxygen atoms in total. The van der Waals surface area contributed by atoms with Gasteiger partial charge in [0.05, 0.1) is 19.3 Å². The number of nitrogens with zero attached hydrogens (tertiary/aromatic N) is 3. The van der Waals surface area contributed by atoms with Gasteiger partial charge in [-0.15, -0.1) is 0 Å². The third-order valence-electron chi connectivity index (χ3n) is 9.32. The fourth-order valence-electron chi connectivity index (χ4n) is 6.90. The van der Waals surface area contributed by atoms with Crippen molar-refractivity contribution in [3.05, 3.63) is 94.1 Å². The first-order valence-electron chi connectivity index (χ1n) is 16.8. The Balaban J connectivity index is 0.000000701. The minimum absolute atomic E-state index is 0.0892. The average molecular weight is 675 g/mol.